The van der Waals surface area contributed by atoms with Gasteiger partial charge in [-0.15, -0.1) is 0 Å². The Labute approximate surface area is 160 Å². The lowest BCUT2D eigenvalue weighted by Crippen LogP contribution is -1.86. The predicted molar refractivity (Wildman–Crippen MR) is 106 cm³/mol. The number of hydrogen-bond acceptors (Lipinski definition) is 6. The van der Waals surface area contributed by atoms with E-state index in [0.29, 0.717) is 18.5 Å². The second-order valence-electron chi connectivity index (χ2n) is 4.64. The van der Waals surface area contributed by atoms with Crippen molar-refractivity contribution < 1.29 is 8.42 Å². The molecule has 0 aromatic heterocycles. The van der Waals surface area contributed by atoms with Crippen LogP contribution in [0.5, 0.6) is 0 Å². The highest BCUT2D eigenvalue weighted by atomic mass is 32.2. The van der Waals surface area contributed by atoms with Crippen molar-refractivity contribution in [1.29, 1.82) is 16.6 Å². The molecular weight excluding hydrogens is 347 g/mol. The summed E-state index contributed by atoms with van der Waals surface area (Å²) in [6.07, 6.45) is 0.951. The Hall–Kier alpha value is -3.10. The Kier molecular flexibility index (Phi) is 16.2. The molecule has 0 aliphatic carbocycles. The van der Waals surface area contributed by atoms with Gasteiger partial charge in [-0.2, -0.15) is 23.7 Å². The van der Waals surface area contributed by atoms with Gasteiger partial charge >= 0.3 is 10.5 Å². The van der Waals surface area contributed by atoms with Gasteiger partial charge in [-0.3, -0.25) is 0 Å². The van der Waals surface area contributed by atoms with Gasteiger partial charge in [-0.05, 0) is 31.5 Å². The number of nitrogens with zero attached hydrogens (tertiary/aromatic N) is 2. The van der Waals surface area contributed by atoms with Crippen LogP contribution < -0.4 is 5.73 Å². The molecule has 2 rings (SSSR count). The summed E-state index contributed by atoms with van der Waals surface area (Å²) < 4.78 is 28.1. The van der Waals surface area contributed by atoms with Crippen molar-refractivity contribution in [3.05, 3.63) is 65.2 Å². The van der Waals surface area contributed by atoms with Crippen molar-refractivity contribution in [2.75, 3.05) is 5.73 Å². The number of hydrogen-bond donors (Lipinski definition) is 2. The lowest BCUT2D eigenvalue weighted by atomic mass is 10.1. The number of nitrogens with one attached hydrogen (secondary N) is 1. The highest BCUT2D eigenvalue weighted by molar-refractivity contribution is 7.60. The average Bonchev–Trinajstić information content (AvgIpc) is 2.58. The van der Waals surface area contributed by atoms with Gasteiger partial charge in [0.25, 0.3) is 0 Å². The standard InChI is InChI=1S/C9H9N.C8H8N2.CH4.BH.HNO2S/c1-8-3-2-4-9(7-8)5-6-10;9-5-4-7-2-1-3-8(10)6-7;;;1-4(2)3/h2-4,7H,5H2,1H3;1-3,6H,4,10H2;1H4;1H;1H/i;;;1D;. The van der Waals surface area contributed by atoms with Gasteiger partial charge in [0.15, 0.2) is 0 Å². The zero-order valence-corrected chi connectivity index (χ0v) is 14.6. The molecule has 2 radical (unpaired) electrons. The molecule has 0 bridgehead atoms. The lowest BCUT2D eigenvalue weighted by Gasteiger charge is -1.94. The molecule has 0 amide bonds. The SMILES string of the molecule is C.Cc1cccc(CC#N)c1.N#CCc1cccc(N)c1.N=S(=O)=O.[2H][B]. The summed E-state index contributed by atoms with van der Waals surface area (Å²) in [6.45, 7) is 2.03. The maximum absolute atomic E-state index is 8.67. The summed E-state index contributed by atoms with van der Waals surface area (Å²) in [5, 5.41) is 16.7. The first-order valence-electron chi connectivity index (χ1n) is 7.41. The van der Waals surface area contributed by atoms with Gasteiger partial charge in [0, 0.05) is 14.1 Å². The van der Waals surface area contributed by atoms with E-state index in [-0.39, 0.29) is 7.43 Å². The van der Waals surface area contributed by atoms with E-state index in [0.717, 1.165) is 11.1 Å². The van der Waals surface area contributed by atoms with Crippen LogP contribution in [0.2, 0.25) is 0 Å². The van der Waals surface area contributed by atoms with Crippen LogP contribution in [-0.4, -0.2) is 18.1 Å². The van der Waals surface area contributed by atoms with Crippen molar-refractivity contribution in [2.45, 2.75) is 27.2 Å². The first-order chi connectivity index (χ1) is 12.4. The van der Waals surface area contributed by atoms with E-state index in [1.54, 1.807) is 6.07 Å². The molecule has 3 N–H and O–H groups in total. The molecule has 8 heteroatoms. The topological polar surface area (TPSA) is 132 Å². The van der Waals surface area contributed by atoms with Gasteiger partial charge in [-0.1, -0.05) is 49.4 Å². The zero-order valence-electron chi connectivity index (χ0n) is 14.8. The molecule has 2 aromatic carbocycles. The third-order valence-electron chi connectivity index (χ3n) is 2.60. The van der Waals surface area contributed by atoms with Crippen molar-refractivity contribution in [2.24, 2.45) is 0 Å². The summed E-state index contributed by atoms with van der Waals surface area (Å²) in [6, 6.07) is 19.5. The monoisotopic (exact) mass is 371 g/mol. The first kappa shape index (κ1) is 25.1. The molecule has 0 saturated carbocycles. The number of nitrogens with two attached hydrogens (primary N) is 1. The largest absolute Gasteiger partial charge is 0.399 e. The van der Waals surface area contributed by atoms with E-state index in [4.69, 9.17) is 30.8 Å². The molecule has 0 saturated heterocycles. The molecule has 136 valence electrons. The Bertz CT molecular complexity index is 783. The van der Waals surface area contributed by atoms with Crippen LogP contribution in [0.3, 0.4) is 0 Å². The molecule has 6 nitrogen and oxygen atoms in total. The number of nitrogen functional groups attached to an aromatic ring is 1. The quantitative estimate of drug-likeness (QED) is 0.619. The van der Waals surface area contributed by atoms with Crippen molar-refractivity contribution >= 4 is 24.6 Å². The van der Waals surface area contributed by atoms with Gasteiger partial charge in [0.05, 0.1) is 25.0 Å². The van der Waals surface area contributed by atoms with Crippen LogP contribution in [-0.2, 0) is 23.3 Å². The number of anilines is 1. The number of nitriles is 2. The molecule has 26 heavy (non-hydrogen) atoms. The molecule has 0 fully saturated rings. The molecular formula is C18H23BN4O2S. The fourth-order valence-electron chi connectivity index (χ4n) is 1.71. The van der Waals surface area contributed by atoms with Crippen LogP contribution in [0, 0.1) is 34.4 Å². The summed E-state index contributed by atoms with van der Waals surface area (Å²) in [4.78, 5) is 0. The lowest BCUT2D eigenvalue weighted by molar-refractivity contribution is 0.620. The molecule has 0 atom stereocenters. The number of benzene rings is 2. The highest BCUT2D eigenvalue weighted by Crippen LogP contribution is 2.06. The molecule has 2 aromatic rings. The molecule has 0 aliphatic rings. The van der Waals surface area contributed by atoms with Gasteiger partial charge in [0.1, 0.15) is 0 Å². The maximum Gasteiger partial charge on any atom is 0.308 e. The molecule has 0 aliphatic heterocycles. The Balaban J connectivity index is -0.000000323. The number of aryl methyl sites for hydroxylation is 1. The Morgan fingerprint density at radius 1 is 1.08 bits per heavy atom. The zero-order chi connectivity index (χ0) is 20.4. The van der Waals surface area contributed by atoms with Crippen LogP contribution in [0.15, 0.2) is 48.5 Å². The summed E-state index contributed by atoms with van der Waals surface area (Å²) in [7, 11) is 1.14. The minimum atomic E-state index is -2.61. The van der Waals surface area contributed by atoms with E-state index < -0.39 is 10.5 Å². The summed E-state index contributed by atoms with van der Waals surface area (Å²) in [5.41, 5.74) is 9.48. The van der Waals surface area contributed by atoms with E-state index >= 15 is 0 Å². The Morgan fingerprint density at radius 3 is 1.88 bits per heavy atom. The summed E-state index contributed by atoms with van der Waals surface area (Å²) >= 11 is 0. The third kappa shape index (κ3) is 15.8. The van der Waals surface area contributed by atoms with E-state index in [2.05, 4.69) is 20.5 Å². The maximum atomic E-state index is 8.67. The normalized spacial score (nSPS) is 7.88. The fourth-order valence-corrected chi connectivity index (χ4v) is 1.71. The van der Waals surface area contributed by atoms with Crippen LogP contribution in [0.25, 0.3) is 0 Å². The molecule has 0 spiro atoms. The summed E-state index contributed by atoms with van der Waals surface area (Å²) in [5.74, 6) is 0. The Morgan fingerprint density at radius 2 is 1.50 bits per heavy atom. The third-order valence-corrected chi connectivity index (χ3v) is 2.60. The minimum absolute atomic E-state index is 0. The minimum Gasteiger partial charge on any atom is -0.399 e. The van der Waals surface area contributed by atoms with Gasteiger partial charge in [0.2, 0.25) is 0 Å². The van der Waals surface area contributed by atoms with E-state index in [1.807, 2.05) is 49.4 Å². The smallest absolute Gasteiger partial charge is 0.308 e. The number of rotatable bonds is 2. The first-order valence-corrected chi connectivity index (χ1v) is 7.91. The molecule has 0 unspecified atom stereocenters. The van der Waals surface area contributed by atoms with Crippen LogP contribution >= 0.6 is 0 Å². The highest BCUT2D eigenvalue weighted by Gasteiger charge is 1.90. The van der Waals surface area contributed by atoms with E-state index in [9.17, 15) is 0 Å². The van der Waals surface area contributed by atoms with Crippen LogP contribution in [0.4, 0.5) is 5.69 Å². The van der Waals surface area contributed by atoms with Crippen molar-refractivity contribution in [3.63, 3.8) is 0 Å². The fraction of sp³-hybridized carbons (Fsp3) is 0.222. The second kappa shape index (κ2) is 16.8. The van der Waals surface area contributed by atoms with Gasteiger partial charge in [-0.25, -0.2) is 0 Å². The average molecular weight is 371 g/mol. The predicted octanol–water partition coefficient (Wildman–Crippen LogP) is 3.01. The van der Waals surface area contributed by atoms with Gasteiger partial charge < -0.3 is 5.73 Å². The molecule has 0 heterocycles. The van der Waals surface area contributed by atoms with Crippen molar-refractivity contribution in [3.8, 4) is 12.1 Å². The van der Waals surface area contributed by atoms with Crippen molar-refractivity contribution in [1.82, 2.24) is 0 Å². The second-order valence-corrected chi connectivity index (χ2v) is 5.11. The van der Waals surface area contributed by atoms with Crippen LogP contribution in [0.1, 0.15) is 24.1 Å². The van der Waals surface area contributed by atoms with E-state index in [1.165, 1.54) is 5.56 Å².